The molecule has 2 aromatic rings. The third-order valence-electron chi connectivity index (χ3n) is 5.14. The molecule has 2 aliphatic rings. The topological polar surface area (TPSA) is 59.8 Å². The molecule has 1 amide bonds. The molecular weight excluding hydrogens is 312 g/mol. The Hall–Kier alpha value is -2.43. The molecule has 5 nitrogen and oxygen atoms in total. The van der Waals surface area contributed by atoms with Gasteiger partial charge in [-0.25, -0.2) is 0 Å². The van der Waals surface area contributed by atoms with Gasteiger partial charge in [-0.1, -0.05) is 30.7 Å². The summed E-state index contributed by atoms with van der Waals surface area (Å²) in [4.78, 5) is 12.5. The van der Waals surface area contributed by atoms with Crippen molar-refractivity contribution in [1.82, 2.24) is 14.8 Å². The number of aromatic nitrogens is 3. The van der Waals surface area contributed by atoms with Gasteiger partial charge in [0.05, 0.1) is 0 Å². The van der Waals surface area contributed by atoms with E-state index in [2.05, 4.69) is 32.2 Å². The first-order valence-electron chi connectivity index (χ1n) is 9.29. The summed E-state index contributed by atoms with van der Waals surface area (Å²) in [6, 6.07) is 7.98. The van der Waals surface area contributed by atoms with Crippen molar-refractivity contribution in [3.63, 3.8) is 0 Å². The van der Waals surface area contributed by atoms with Crippen molar-refractivity contribution in [2.24, 2.45) is 5.92 Å². The summed E-state index contributed by atoms with van der Waals surface area (Å²) in [6.45, 7) is 0.975. The Kier molecular flexibility index (Phi) is 4.63. The lowest BCUT2D eigenvalue weighted by atomic mass is 9.93. The van der Waals surface area contributed by atoms with Crippen LogP contribution in [0, 0.1) is 5.92 Å². The molecule has 1 aromatic heterocycles. The van der Waals surface area contributed by atoms with E-state index in [-0.39, 0.29) is 11.8 Å². The Morgan fingerprint density at radius 1 is 1.16 bits per heavy atom. The average Bonchev–Trinajstić information content (AvgIpc) is 2.91. The molecule has 4 rings (SSSR count). The van der Waals surface area contributed by atoms with Crippen LogP contribution in [0.25, 0.3) is 11.4 Å². The molecule has 0 saturated heterocycles. The van der Waals surface area contributed by atoms with Crippen LogP contribution in [-0.4, -0.2) is 20.7 Å². The summed E-state index contributed by atoms with van der Waals surface area (Å²) < 4.78 is 2.24. The van der Waals surface area contributed by atoms with Gasteiger partial charge >= 0.3 is 0 Å². The number of anilines is 1. The van der Waals surface area contributed by atoms with Gasteiger partial charge < -0.3 is 9.88 Å². The van der Waals surface area contributed by atoms with Gasteiger partial charge in [-0.2, -0.15) is 0 Å². The predicted octanol–water partition coefficient (Wildman–Crippen LogP) is 3.97. The maximum atomic E-state index is 12.5. The van der Waals surface area contributed by atoms with Gasteiger partial charge in [0.15, 0.2) is 5.82 Å². The molecule has 1 N–H and O–H groups in total. The van der Waals surface area contributed by atoms with E-state index in [0.717, 1.165) is 55.1 Å². The van der Waals surface area contributed by atoms with Crippen molar-refractivity contribution < 1.29 is 4.79 Å². The Balaban J connectivity index is 1.55. The number of hydrogen-bond acceptors (Lipinski definition) is 3. The van der Waals surface area contributed by atoms with Gasteiger partial charge in [0.25, 0.3) is 0 Å². The van der Waals surface area contributed by atoms with E-state index in [1.807, 2.05) is 24.3 Å². The standard InChI is InChI=1S/C20H24N4O/c25-20(15-8-3-1-4-9-15)21-17-11-7-10-16(14-17)19-23-22-18-12-5-2-6-13-24(18)19/h1,3,7,10-11,14-15H,2,4-6,8-9,12-13H2,(H,21,25)/t15-/m1/s1. The van der Waals surface area contributed by atoms with E-state index >= 15 is 0 Å². The number of rotatable bonds is 3. The quantitative estimate of drug-likeness (QED) is 0.863. The van der Waals surface area contributed by atoms with Gasteiger partial charge in [-0.15, -0.1) is 10.2 Å². The van der Waals surface area contributed by atoms with Gasteiger partial charge in [0.1, 0.15) is 5.82 Å². The lowest BCUT2D eigenvalue weighted by Crippen LogP contribution is -2.23. The van der Waals surface area contributed by atoms with Crippen molar-refractivity contribution in [3.05, 3.63) is 42.2 Å². The van der Waals surface area contributed by atoms with Crippen molar-refractivity contribution >= 4 is 11.6 Å². The lowest BCUT2D eigenvalue weighted by molar-refractivity contribution is -0.120. The van der Waals surface area contributed by atoms with Crippen LogP contribution in [0.4, 0.5) is 5.69 Å². The van der Waals surface area contributed by atoms with Crippen LogP contribution in [0.15, 0.2) is 36.4 Å². The summed E-state index contributed by atoms with van der Waals surface area (Å²) in [7, 11) is 0. The highest BCUT2D eigenvalue weighted by molar-refractivity contribution is 5.93. The molecule has 0 unspecified atom stereocenters. The summed E-state index contributed by atoms with van der Waals surface area (Å²) >= 11 is 0. The van der Waals surface area contributed by atoms with Crippen LogP contribution >= 0.6 is 0 Å². The smallest absolute Gasteiger partial charge is 0.227 e. The summed E-state index contributed by atoms with van der Waals surface area (Å²) in [5.74, 6) is 2.18. The number of hydrogen-bond donors (Lipinski definition) is 1. The molecule has 0 saturated carbocycles. The highest BCUT2D eigenvalue weighted by Crippen LogP contribution is 2.26. The number of carbonyl (C=O) groups is 1. The number of allylic oxidation sites excluding steroid dienone is 2. The van der Waals surface area contributed by atoms with Gasteiger partial charge in [-0.3, -0.25) is 4.79 Å². The largest absolute Gasteiger partial charge is 0.326 e. The minimum absolute atomic E-state index is 0.0815. The minimum Gasteiger partial charge on any atom is -0.326 e. The zero-order valence-electron chi connectivity index (χ0n) is 14.4. The van der Waals surface area contributed by atoms with E-state index in [0.29, 0.717) is 0 Å². The fourth-order valence-corrected chi connectivity index (χ4v) is 3.71. The molecular formula is C20H24N4O. The predicted molar refractivity (Wildman–Crippen MR) is 98.1 cm³/mol. The van der Waals surface area contributed by atoms with Crippen molar-refractivity contribution in [1.29, 1.82) is 0 Å². The number of carbonyl (C=O) groups excluding carboxylic acids is 1. The number of nitrogens with zero attached hydrogens (tertiary/aromatic N) is 3. The fourth-order valence-electron chi connectivity index (χ4n) is 3.71. The Morgan fingerprint density at radius 2 is 2.12 bits per heavy atom. The molecule has 1 aliphatic carbocycles. The summed E-state index contributed by atoms with van der Waals surface area (Å²) in [5.41, 5.74) is 1.85. The van der Waals surface area contributed by atoms with Crippen molar-refractivity contribution in [2.45, 2.75) is 51.5 Å². The molecule has 0 radical (unpaired) electrons. The molecule has 130 valence electrons. The molecule has 2 heterocycles. The van der Waals surface area contributed by atoms with Crippen molar-refractivity contribution in [2.75, 3.05) is 5.32 Å². The summed E-state index contributed by atoms with van der Waals surface area (Å²) in [6.07, 6.45) is 11.6. The molecule has 5 heteroatoms. The van der Waals surface area contributed by atoms with Crippen LogP contribution in [0.5, 0.6) is 0 Å². The highest BCUT2D eigenvalue weighted by Gasteiger charge is 2.20. The van der Waals surface area contributed by atoms with E-state index in [1.54, 1.807) is 0 Å². The van der Waals surface area contributed by atoms with E-state index < -0.39 is 0 Å². The third kappa shape index (κ3) is 3.50. The third-order valence-corrected chi connectivity index (χ3v) is 5.14. The van der Waals surface area contributed by atoms with Crippen molar-refractivity contribution in [3.8, 4) is 11.4 Å². The average molecular weight is 336 g/mol. The van der Waals surface area contributed by atoms with Crippen LogP contribution in [0.1, 0.15) is 44.3 Å². The number of benzene rings is 1. The molecule has 0 bridgehead atoms. The number of fused-ring (bicyclic) bond motifs is 1. The molecule has 1 atom stereocenters. The first-order chi connectivity index (χ1) is 12.3. The zero-order valence-corrected chi connectivity index (χ0v) is 14.4. The first-order valence-corrected chi connectivity index (χ1v) is 9.29. The van der Waals surface area contributed by atoms with Crippen LogP contribution < -0.4 is 5.32 Å². The van der Waals surface area contributed by atoms with Gasteiger partial charge in [-0.05, 0) is 44.2 Å². The number of amides is 1. The van der Waals surface area contributed by atoms with Crippen LogP contribution in [0.2, 0.25) is 0 Å². The first kappa shape index (κ1) is 16.1. The SMILES string of the molecule is O=C(Nc1cccc(-c2nnc3n2CCCCC3)c1)[C@@H]1CC=CCC1. The zero-order chi connectivity index (χ0) is 17.1. The fraction of sp³-hybridized carbons (Fsp3) is 0.450. The molecule has 1 aliphatic heterocycles. The van der Waals surface area contributed by atoms with E-state index in [9.17, 15) is 4.79 Å². The van der Waals surface area contributed by atoms with Crippen LogP contribution in [-0.2, 0) is 17.8 Å². The highest BCUT2D eigenvalue weighted by atomic mass is 16.1. The number of aryl methyl sites for hydroxylation is 1. The van der Waals surface area contributed by atoms with E-state index in [1.165, 1.54) is 19.3 Å². The Bertz CT molecular complexity index is 793. The Labute approximate surface area is 148 Å². The normalized spacial score (nSPS) is 19.9. The van der Waals surface area contributed by atoms with Gasteiger partial charge in [0, 0.05) is 30.1 Å². The molecule has 1 aromatic carbocycles. The maximum absolute atomic E-state index is 12.5. The minimum atomic E-state index is 0.0815. The molecule has 25 heavy (non-hydrogen) atoms. The monoisotopic (exact) mass is 336 g/mol. The van der Waals surface area contributed by atoms with E-state index in [4.69, 9.17) is 0 Å². The Morgan fingerprint density at radius 3 is 3.00 bits per heavy atom. The second-order valence-corrected chi connectivity index (χ2v) is 6.95. The number of nitrogens with one attached hydrogen (secondary N) is 1. The lowest BCUT2D eigenvalue weighted by Gasteiger charge is -2.17. The molecule has 0 fully saturated rings. The summed E-state index contributed by atoms with van der Waals surface area (Å²) in [5, 5.41) is 11.9. The van der Waals surface area contributed by atoms with Crippen LogP contribution in [0.3, 0.4) is 0 Å². The second-order valence-electron chi connectivity index (χ2n) is 6.95. The van der Waals surface area contributed by atoms with Gasteiger partial charge in [0.2, 0.25) is 5.91 Å². The maximum Gasteiger partial charge on any atom is 0.227 e. The second kappa shape index (κ2) is 7.21. The molecule has 0 spiro atoms.